The third-order valence-electron chi connectivity index (χ3n) is 1.70. The van der Waals surface area contributed by atoms with Gasteiger partial charge in [-0.2, -0.15) is 0 Å². The number of carboxylic acid groups (broad SMARTS) is 1. The first-order chi connectivity index (χ1) is 6.61. The van der Waals surface area contributed by atoms with E-state index in [2.05, 4.69) is 4.74 Å². The molecule has 0 aromatic heterocycles. The van der Waals surface area contributed by atoms with Crippen molar-refractivity contribution in [3.63, 3.8) is 0 Å². The van der Waals surface area contributed by atoms with Gasteiger partial charge >= 0.3 is 11.9 Å². The minimum atomic E-state index is -0.745. The molecule has 0 amide bonds. The zero-order valence-electron chi connectivity index (χ0n) is 8.49. The SMILES string of the molecule is CCC(=O)O.COC(=O)C1CCCO1. The maximum atomic E-state index is 10.7. The number of carbonyl (C=O) groups excluding carboxylic acids is 1. The van der Waals surface area contributed by atoms with E-state index in [1.807, 2.05) is 0 Å². The summed E-state index contributed by atoms with van der Waals surface area (Å²) in [5, 5.41) is 7.72. The van der Waals surface area contributed by atoms with Gasteiger partial charge in [0.15, 0.2) is 6.10 Å². The highest BCUT2D eigenvalue weighted by Crippen LogP contribution is 2.12. The maximum absolute atomic E-state index is 10.7. The van der Waals surface area contributed by atoms with E-state index in [0.717, 1.165) is 12.8 Å². The monoisotopic (exact) mass is 204 g/mol. The normalized spacial score (nSPS) is 19.4. The van der Waals surface area contributed by atoms with Gasteiger partial charge in [-0.3, -0.25) is 4.79 Å². The van der Waals surface area contributed by atoms with E-state index in [4.69, 9.17) is 9.84 Å². The Morgan fingerprint density at radius 2 is 2.14 bits per heavy atom. The molecule has 1 fully saturated rings. The van der Waals surface area contributed by atoms with Gasteiger partial charge in [-0.25, -0.2) is 4.79 Å². The average molecular weight is 204 g/mol. The number of esters is 1. The van der Waals surface area contributed by atoms with Crippen LogP contribution in [0.2, 0.25) is 0 Å². The van der Waals surface area contributed by atoms with Crippen LogP contribution in [-0.2, 0) is 19.1 Å². The summed E-state index contributed by atoms with van der Waals surface area (Å²) in [4.78, 5) is 20.0. The van der Waals surface area contributed by atoms with E-state index < -0.39 is 5.97 Å². The molecule has 1 saturated heterocycles. The molecule has 5 nitrogen and oxygen atoms in total. The van der Waals surface area contributed by atoms with Crippen molar-refractivity contribution in [1.82, 2.24) is 0 Å². The summed E-state index contributed by atoms with van der Waals surface area (Å²) in [6.07, 6.45) is 1.72. The number of carbonyl (C=O) groups is 2. The van der Waals surface area contributed by atoms with Crippen molar-refractivity contribution in [2.45, 2.75) is 32.3 Å². The first-order valence-corrected chi connectivity index (χ1v) is 4.53. The molecule has 1 atom stereocenters. The molecule has 0 saturated carbocycles. The molecule has 0 aliphatic carbocycles. The quantitative estimate of drug-likeness (QED) is 0.674. The Morgan fingerprint density at radius 1 is 1.57 bits per heavy atom. The number of aliphatic carboxylic acids is 1. The van der Waals surface area contributed by atoms with Crippen molar-refractivity contribution in [3.05, 3.63) is 0 Å². The van der Waals surface area contributed by atoms with Gasteiger partial charge < -0.3 is 14.6 Å². The van der Waals surface area contributed by atoms with Gasteiger partial charge in [0, 0.05) is 13.0 Å². The number of carboxylic acids is 1. The average Bonchev–Trinajstić information content (AvgIpc) is 2.70. The summed E-state index contributed by atoms with van der Waals surface area (Å²) in [7, 11) is 1.38. The van der Waals surface area contributed by atoms with Gasteiger partial charge in [-0.1, -0.05) is 6.92 Å². The molecule has 0 aromatic rings. The highest BCUT2D eigenvalue weighted by atomic mass is 16.6. The van der Waals surface area contributed by atoms with Crippen LogP contribution in [0.5, 0.6) is 0 Å². The molecule has 0 spiro atoms. The molecule has 1 unspecified atom stereocenters. The summed E-state index contributed by atoms with van der Waals surface area (Å²) in [6.45, 7) is 2.29. The lowest BCUT2D eigenvalue weighted by molar-refractivity contribution is -0.151. The van der Waals surface area contributed by atoms with E-state index in [0.29, 0.717) is 6.61 Å². The summed E-state index contributed by atoms with van der Waals surface area (Å²) in [5.74, 6) is -0.988. The molecule has 0 bridgehead atoms. The lowest BCUT2D eigenvalue weighted by Gasteiger charge is -2.04. The number of hydrogen-bond acceptors (Lipinski definition) is 4. The van der Waals surface area contributed by atoms with Crippen LogP contribution < -0.4 is 0 Å². The van der Waals surface area contributed by atoms with Crippen LogP contribution in [0.15, 0.2) is 0 Å². The molecular weight excluding hydrogens is 188 g/mol. The predicted molar refractivity (Wildman–Crippen MR) is 48.9 cm³/mol. The van der Waals surface area contributed by atoms with Crippen molar-refractivity contribution >= 4 is 11.9 Å². The molecule has 82 valence electrons. The molecule has 0 aromatic carbocycles. The van der Waals surface area contributed by atoms with Gasteiger partial charge in [0.1, 0.15) is 0 Å². The fraction of sp³-hybridized carbons (Fsp3) is 0.778. The van der Waals surface area contributed by atoms with Crippen LogP contribution in [0.1, 0.15) is 26.2 Å². The minimum absolute atomic E-state index is 0.222. The zero-order chi connectivity index (χ0) is 11.0. The van der Waals surface area contributed by atoms with Crippen molar-refractivity contribution in [3.8, 4) is 0 Å². The first-order valence-electron chi connectivity index (χ1n) is 4.53. The van der Waals surface area contributed by atoms with E-state index in [1.165, 1.54) is 7.11 Å². The Morgan fingerprint density at radius 3 is 2.43 bits per heavy atom. The fourth-order valence-corrected chi connectivity index (χ4v) is 0.895. The largest absolute Gasteiger partial charge is 0.481 e. The summed E-state index contributed by atoms with van der Waals surface area (Å²) < 4.78 is 9.50. The topological polar surface area (TPSA) is 72.8 Å². The van der Waals surface area contributed by atoms with Crippen LogP contribution in [0.4, 0.5) is 0 Å². The van der Waals surface area contributed by atoms with Crippen LogP contribution in [-0.4, -0.2) is 36.9 Å². The van der Waals surface area contributed by atoms with Gasteiger partial charge in [0.05, 0.1) is 7.11 Å². The standard InChI is InChI=1S/C6H10O3.C3H6O2/c1-8-6(7)5-3-2-4-9-5;1-2-3(4)5/h5H,2-4H2,1H3;2H2,1H3,(H,4,5). The van der Waals surface area contributed by atoms with Crippen molar-refractivity contribution in [2.75, 3.05) is 13.7 Å². The Bertz CT molecular complexity index is 184. The second kappa shape index (κ2) is 7.32. The smallest absolute Gasteiger partial charge is 0.334 e. The molecule has 1 rings (SSSR count). The summed E-state index contributed by atoms with van der Waals surface area (Å²) in [5.41, 5.74) is 0. The Kier molecular flexibility index (Phi) is 6.74. The highest BCUT2D eigenvalue weighted by molar-refractivity contribution is 5.74. The number of ether oxygens (including phenoxy) is 2. The Labute approximate surface area is 83.0 Å². The second-order valence-corrected chi connectivity index (χ2v) is 2.77. The molecule has 1 aliphatic rings. The lowest BCUT2D eigenvalue weighted by atomic mass is 10.2. The highest BCUT2D eigenvalue weighted by Gasteiger charge is 2.23. The summed E-state index contributed by atoms with van der Waals surface area (Å²) in [6, 6.07) is 0. The van der Waals surface area contributed by atoms with Gasteiger partial charge in [-0.05, 0) is 12.8 Å². The van der Waals surface area contributed by atoms with Crippen LogP contribution in [0, 0.1) is 0 Å². The first kappa shape index (κ1) is 12.9. The third-order valence-corrected chi connectivity index (χ3v) is 1.70. The van der Waals surface area contributed by atoms with Crippen LogP contribution in [0.25, 0.3) is 0 Å². The van der Waals surface area contributed by atoms with Crippen LogP contribution >= 0.6 is 0 Å². The third kappa shape index (κ3) is 5.53. The number of rotatable bonds is 2. The van der Waals surface area contributed by atoms with E-state index >= 15 is 0 Å². The Hall–Kier alpha value is -1.10. The van der Waals surface area contributed by atoms with Gasteiger partial charge in [0.2, 0.25) is 0 Å². The predicted octanol–water partition coefficient (Wildman–Crippen LogP) is 0.819. The molecule has 5 heteroatoms. The zero-order valence-corrected chi connectivity index (χ0v) is 8.49. The minimum Gasteiger partial charge on any atom is -0.481 e. The van der Waals surface area contributed by atoms with Crippen molar-refractivity contribution in [2.24, 2.45) is 0 Å². The lowest BCUT2D eigenvalue weighted by Crippen LogP contribution is -2.20. The second-order valence-electron chi connectivity index (χ2n) is 2.77. The van der Waals surface area contributed by atoms with Crippen molar-refractivity contribution in [1.29, 1.82) is 0 Å². The molecule has 14 heavy (non-hydrogen) atoms. The van der Waals surface area contributed by atoms with Crippen LogP contribution in [0.3, 0.4) is 0 Å². The van der Waals surface area contributed by atoms with E-state index in [1.54, 1.807) is 6.92 Å². The van der Waals surface area contributed by atoms with E-state index in [9.17, 15) is 9.59 Å². The Balaban J connectivity index is 0.000000292. The number of hydrogen-bond donors (Lipinski definition) is 1. The van der Waals surface area contributed by atoms with Crippen molar-refractivity contribution < 1.29 is 24.2 Å². The maximum Gasteiger partial charge on any atom is 0.334 e. The molecule has 1 heterocycles. The molecule has 1 aliphatic heterocycles. The number of methoxy groups -OCH3 is 1. The van der Waals surface area contributed by atoms with Gasteiger partial charge in [-0.15, -0.1) is 0 Å². The summed E-state index contributed by atoms with van der Waals surface area (Å²) >= 11 is 0. The van der Waals surface area contributed by atoms with E-state index in [-0.39, 0.29) is 18.5 Å². The molecular formula is C9H16O5. The molecule has 0 radical (unpaired) electrons. The fourth-order valence-electron chi connectivity index (χ4n) is 0.895. The molecule has 1 N–H and O–H groups in total. The van der Waals surface area contributed by atoms with Gasteiger partial charge in [0.25, 0.3) is 0 Å².